The Bertz CT molecular complexity index is 466. The van der Waals surface area contributed by atoms with Gasteiger partial charge in [0.2, 0.25) is 5.91 Å². The van der Waals surface area contributed by atoms with Crippen molar-refractivity contribution in [3.63, 3.8) is 0 Å². The Morgan fingerprint density at radius 1 is 1.40 bits per heavy atom. The molecule has 0 saturated heterocycles. The Kier molecular flexibility index (Phi) is 6.83. The van der Waals surface area contributed by atoms with Crippen LogP contribution in [0.5, 0.6) is 5.75 Å². The fourth-order valence-corrected chi connectivity index (χ4v) is 1.65. The number of nitrogens with one attached hydrogen (secondary N) is 1. The highest BCUT2D eigenvalue weighted by Crippen LogP contribution is 2.17. The number of carboxylic acid groups (broad SMARTS) is 1. The van der Waals surface area contributed by atoms with E-state index < -0.39 is 17.9 Å². The molecule has 1 aromatic carbocycles. The molecular formula is C13H16ClNO5. The lowest BCUT2D eigenvalue weighted by molar-refractivity contribution is -0.142. The molecule has 1 rings (SSSR count). The molecule has 6 nitrogen and oxygen atoms in total. The summed E-state index contributed by atoms with van der Waals surface area (Å²) in [5.74, 6) is -1.09. The molecule has 0 spiro atoms. The number of aliphatic carboxylic acids is 1. The average Bonchev–Trinajstić information content (AvgIpc) is 2.38. The van der Waals surface area contributed by atoms with Gasteiger partial charge in [-0.25, -0.2) is 4.79 Å². The van der Waals surface area contributed by atoms with Gasteiger partial charge in [-0.05, 0) is 18.2 Å². The normalized spacial score (nSPS) is 11.7. The predicted octanol–water partition coefficient (Wildman–Crippen LogP) is 1.06. The molecule has 1 unspecified atom stereocenters. The molecule has 20 heavy (non-hydrogen) atoms. The molecule has 0 saturated carbocycles. The van der Waals surface area contributed by atoms with Crippen molar-refractivity contribution in [3.05, 3.63) is 29.3 Å². The Morgan fingerprint density at radius 3 is 2.75 bits per heavy atom. The summed E-state index contributed by atoms with van der Waals surface area (Å²) in [5.41, 5.74) is 0. The molecule has 1 amide bonds. The van der Waals surface area contributed by atoms with Gasteiger partial charge in [0.15, 0.2) is 0 Å². The van der Waals surface area contributed by atoms with E-state index in [-0.39, 0.29) is 26.1 Å². The minimum absolute atomic E-state index is 0.0156. The fraction of sp³-hybridized carbons (Fsp3) is 0.385. The number of rotatable bonds is 8. The number of benzene rings is 1. The van der Waals surface area contributed by atoms with Crippen LogP contribution in [0, 0.1) is 0 Å². The SMILES string of the molecule is O=C(CCOc1cccc(Cl)c1)NC(CCO)C(=O)O. The van der Waals surface area contributed by atoms with E-state index in [2.05, 4.69) is 5.32 Å². The quantitative estimate of drug-likeness (QED) is 0.667. The Morgan fingerprint density at radius 2 is 2.15 bits per heavy atom. The van der Waals surface area contributed by atoms with Crippen molar-refractivity contribution in [3.8, 4) is 5.75 Å². The first kappa shape index (κ1) is 16.3. The van der Waals surface area contributed by atoms with E-state index in [1.54, 1.807) is 24.3 Å². The molecule has 0 heterocycles. The lowest BCUT2D eigenvalue weighted by Gasteiger charge is -2.13. The first-order valence-electron chi connectivity index (χ1n) is 6.04. The van der Waals surface area contributed by atoms with E-state index in [4.69, 9.17) is 26.6 Å². The third-order valence-corrected chi connectivity index (χ3v) is 2.68. The van der Waals surface area contributed by atoms with Gasteiger partial charge in [0.05, 0.1) is 13.0 Å². The van der Waals surface area contributed by atoms with Crippen molar-refractivity contribution in [2.24, 2.45) is 0 Å². The first-order valence-corrected chi connectivity index (χ1v) is 6.42. The van der Waals surface area contributed by atoms with Gasteiger partial charge in [-0.2, -0.15) is 0 Å². The molecule has 3 N–H and O–H groups in total. The third-order valence-electron chi connectivity index (χ3n) is 2.45. The zero-order valence-corrected chi connectivity index (χ0v) is 11.5. The van der Waals surface area contributed by atoms with Gasteiger partial charge in [0, 0.05) is 18.1 Å². The van der Waals surface area contributed by atoms with Gasteiger partial charge in [-0.1, -0.05) is 17.7 Å². The number of ether oxygens (including phenoxy) is 1. The smallest absolute Gasteiger partial charge is 0.326 e. The summed E-state index contributed by atoms with van der Waals surface area (Å²) < 4.78 is 5.32. The van der Waals surface area contributed by atoms with E-state index in [0.717, 1.165) is 0 Å². The highest BCUT2D eigenvalue weighted by molar-refractivity contribution is 6.30. The lowest BCUT2D eigenvalue weighted by atomic mass is 10.2. The standard InChI is InChI=1S/C13H16ClNO5/c14-9-2-1-3-10(8-9)20-7-5-12(17)15-11(4-6-16)13(18)19/h1-3,8,11,16H,4-7H2,(H,15,17)(H,18,19). The van der Waals surface area contributed by atoms with E-state index >= 15 is 0 Å². The molecule has 1 aromatic rings. The minimum Gasteiger partial charge on any atom is -0.493 e. The van der Waals surface area contributed by atoms with Crippen molar-refractivity contribution >= 4 is 23.5 Å². The molecule has 0 bridgehead atoms. The second kappa shape index (κ2) is 8.39. The van der Waals surface area contributed by atoms with E-state index in [9.17, 15) is 9.59 Å². The highest BCUT2D eigenvalue weighted by atomic mass is 35.5. The molecule has 0 fully saturated rings. The van der Waals surface area contributed by atoms with Crippen LogP contribution in [-0.2, 0) is 9.59 Å². The number of aliphatic hydroxyl groups excluding tert-OH is 1. The molecule has 7 heteroatoms. The van der Waals surface area contributed by atoms with Gasteiger partial charge in [-0.3, -0.25) is 4.79 Å². The van der Waals surface area contributed by atoms with E-state index in [0.29, 0.717) is 10.8 Å². The van der Waals surface area contributed by atoms with Crippen molar-refractivity contribution in [2.45, 2.75) is 18.9 Å². The number of carboxylic acids is 1. The maximum Gasteiger partial charge on any atom is 0.326 e. The van der Waals surface area contributed by atoms with Gasteiger partial charge in [0.25, 0.3) is 0 Å². The van der Waals surface area contributed by atoms with Crippen molar-refractivity contribution in [2.75, 3.05) is 13.2 Å². The Hall–Kier alpha value is -1.79. The summed E-state index contributed by atoms with van der Waals surface area (Å²) in [5, 5.41) is 20.4. The topological polar surface area (TPSA) is 95.9 Å². The van der Waals surface area contributed by atoms with Crippen LogP contribution in [0.2, 0.25) is 5.02 Å². The van der Waals surface area contributed by atoms with Crippen molar-refractivity contribution in [1.82, 2.24) is 5.32 Å². The number of hydrogen-bond acceptors (Lipinski definition) is 4. The van der Waals surface area contributed by atoms with Crippen LogP contribution in [-0.4, -0.2) is 41.3 Å². The molecule has 0 aliphatic carbocycles. The highest BCUT2D eigenvalue weighted by Gasteiger charge is 2.18. The van der Waals surface area contributed by atoms with Crippen LogP contribution in [0.15, 0.2) is 24.3 Å². The number of carbonyl (C=O) groups is 2. The van der Waals surface area contributed by atoms with E-state index in [1.807, 2.05) is 0 Å². The summed E-state index contributed by atoms with van der Waals surface area (Å²) in [4.78, 5) is 22.3. The summed E-state index contributed by atoms with van der Waals surface area (Å²) in [6.07, 6.45) is -0.0159. The van der Waals surface area contributed by atoms with Crippen LogP contribution >= 0.6 is 11.6 Å². The maximum absolute atomic E-state index is 11.5. The number of carbonyl (C=O) groups excluding carboxylic acids is 1. The number of hydrogen-bond donors (Lipinski definition) is 3. The molecular weight excluding hydrogens is 286 g/mol. The zero-order valence-electron chi connectivity index (χ0n) is 10.7. The Labute approximate surface area is 121 Å². The summed E-state index contributed by atoms with van der Waals surface area (Å²) >= 11 is 5.78. The monoisotopic (exact) mass is 301 g/mol. The molecule has 0 aromatic heterocycles. The van der Waals surface area contributed by atoms with Crippen LogP contribution in [0.25, 0.3) is 0 Å². The van der Waals surface area contributed by atoms with Gasteiger partial charge in [-0.15, -0.1) is 0 Å². The molecule has 0 aliphatic rings. The summed E-state index contributed by atoms with van der Waals surface area (Å²) in [6.45, 7) is -0.200. The number of halogens is 1. The first-order chi connectivity index (χ1) is 9.52. The lowest BCUT2D eigenvalue weighted by Crippen LogP contribution is -2.41. The largest absolute Gasteiger partial charge is 0.493 e. The molecule has 0 aliphatic heterocycles. The fourth-order valence-electron chi connectivity index (χ4n) is 1.47. The second-order valence-electron chi connectivity index (χ2n) is 4.03. The van der Waals surface area contributed by atoms with Gasteiger partial charge in [0.1, 0.15) is 11.8 Å². The Balaban J connectivity index is 2.34. The van der Waals surface area contributed by atoms with E-state index in [1.165, 1.54) is 0 Å². The minimum atomic E-state index is -1.18. The van der Waals surface area contributed by atoms with Crippen LogP contribution < -0.4 is 10.1 Å². The zero-order chi connectivity index (χ0) is 15.0. The number of amides is 1. The molecule has 110 valence electrons. The van der Waals surface area contributed by atoms with Gasteiger partial charge >= 0.3 is 5.97 Å². The second-order valence-corrected chi connectivity index (χ2v) is 4.46. The average molecular weight is 302 g/mol. The maximum atomic E-state index is 11.5. The third kappa shape index (κ3) is 5.90. The summed E-state index contributed by atoms with van der Waals surface area (Å²) in [6, 6.07) is 5.66. The van der Waals surface area contributed by atoms with Crippen LogP contribution in [0.3, 0.4) is 0 Å². The predicted molar refractivity (Wildman–Crippen MR) is 72.8 cm³/mol. The molecule has 0 radical (unpaired) electrons. The number of aliphatic hydroxyl groups is 1. The summed E-state index contributed by atoms with van der Waals surface area (Å²) in [7, 11) is 0. The van der Waals surface area contributed by atoms with Crippen LogP contribution in [0.4, 0.5) is 0 Å². The van der Waals surface area contributed by atoms with Crippen molar-refractivity contribution in [1.29, 1.82) is 0 Å². The van der Waals surface area contributed by atoms with Crippen LogP contribution in [0.1, 0.15) is 12.8 Å². The van der Waals surface area contributed by atoms with Crippen molar-refractivity contribution < 1.29 is 24.5 Å². The van der Waals surface area contributed by atoms with Gasteiger partial charge < -0.3 is 20.3 Å². The molecule has 1 atom stereocenters.